The number of halogens is 1. The Kier molecular flexibility index (Phi) is 7.33. The van der Waals surface area contributed by atoms with E-state index in [1.54, 1.807) is 37.1 Å². The molecule has 0 fully saturated rings. The van der Waals surface area contributed by atoms with E-state index in [4.69, 9.17) is 4.74 Å². The number of hydrogen-bond acceptors (Lipinski definition) is 4. The Bertz CT molecular complexity index is 750. The zero-order valence-electron chi connectivity index (χ0n) is 14.0. The standard InChI is InChI=1S/C18H19BrN2O3S/c1-12(22)20-16-8-3-13(19)11-17(16)21-18(23)9-10-25-15-6-4-14(24-2)5-7-15/h3-8,11H,9-10H2,1-2H3,(H,20,22)(H,21,23). The van der Waals surface area contributed by atoms with Crippen LogP contribution in [0, 0.1) is 0 Å². The van der Waals surface area contributed by atoms with Crippen molar-refractivity contribution in [2.45, 2.75) is 18.2 Å². The lowest BCUT2D eigenvalue weighted by Gasteiger charge is -2.12. The molecule has 2 N–H and O–H groups in total. The van der Waals surface area contributed by atoms with Crippen molar-refractivity contribution in [3.8, 4) is 5.75 Å². The zero-order valence-corrected chi connectivity index (χ0v) is 16.4. The van der Waals surface area contributed by atoms with Gasteiger partial charge in [0.05, 0.1) is 18.5 Å². The number of rotatable bonds is 7. The van der Waals surface area contributed by atoms with E-state index in [0.29, 0.717) is 23.5 Å². The quantitative estimate of drug-likeness (QED) is 0.642. The van der Waals surface area contributed by atoms with E-state index in [1.165, 1.54) is 6.92 Å². The van der Waals surface area contributed by atoms with Crippen LogP contribution in [0.1, 0.15) is 13.3 Å². The molecule has 2 amide bonds. The number of amides is 2. The van der Waals surface area contributed by atoms with Gasteiger partial charge in [0.15, 0.2) is 0 Å². The molecule has 132 valence electrons. The minimum Gasteiger partial charge on any atom is -0.497 e. The number of anilines is 2. The Morgan fingerprint density at radius 1 is 1.08 bits per heavy atom. The summed E-state index contributed by atoms with van der Waals surface area (Å²) < 4.78 is 5.94. The molecule has 0 heterocycles. The number of thioether (sulfide) groups is 1. The normalized spacial score (nSPS) is 10.2. The number of ether oxygens (including phenoxy) is 1. The molecule has 25 heavy (non-hydrogen) atoms. The molecule has 7 heteroatoms. The average molecular weight is 423 g/mol. The van der Waals surface area contributed by atoms with Gasteiger partial charge < -0.3 is 15.4 Å². The van der Waals surface area contributed by atoms with Crippen LogP contribution < -0.4 is 15.4 Å². The summed E-state index contributed by atoms with van der Waals surface area (Å²) in [5.74, 6) is 1.17. The van der Waals surface area contributed by atoms with Crippen molar-refractivity contribution < 1.29 is 14.3 Å². The minimum atomic E-state index is -0.187. The molecule has 0 aliphatic heterocycles. The average Bonchev–Trinajstić information content (AvgIpc) is 2.57. The molecule has 2 rings (SSSR count). The Balaban J connectivity index is 1.89. The van der Waals surface area contributed by atoms with Crippen molar-refractivity contribution in [2.75, 3.05) is 23.5 Å². The van der Waals surface area contributed by atoms with E-state index in [1.807, 2.05) is 24.3 Å². The molecule has 0 spiro atoms. The van der Waals surface area contributed by atoms with Gasteiger partial charge in [-0.05, 0) is 42.5 Å². The van der Waals surface area contributed by atoms with Gasteiger partial charge in [-0.25, -0.2) is 0 Å². The Hall–Kier alpha value is -1.99. The number of hydrogen-bond donors (Lipinski definition) is 2. The third-order valence-corrected chi connectivity index (χ3v) is 4.73. The van der Waals surface area contributed by atoms with E-state index < -0.39 is 0 Å². The monoisotopic (exact) mass is 422 g/mol. The number of carbonyl (C=O) groups excluding carboxylic acids is 2. The lowest BCUT2D eigenvalue weighted by molar-refractivity contribution is -0.116. The van der Waals surface area contributed by atoms with Crippen molar-refractivity contribution >= 4 is 50.9 Å². The van der Waals surface area contributed by atoms with Crippen molar-refractivity contribution in [3.05, 3.63) is 46.9 Å². The number of carbonyl (C=O) groups is 2. The first-order valence-corrected chi connectivity index (χ1v) is 9.39. The summed E-state index contributed by atoms with van der Waals surface area (Å²) in [5.41, 5.74) is 1.15. The van der Waals surface area contributed by atoms with Gasteiger partial charge in [-0.3, -0.25) is 9.59 Å². The summed E-state index contributed by atoms with van der Waals surface area (Å²) in [4.78, 5) is 24.5. The van der Waals surface area contributed by atoms with Gasteiger partial charge in [0.25, 0.3) is 0 Å². The highest BCUT2D eigenvalue weighted by Crippen LogP contribution is 2.27. The second kappa shape index (κ2) is 9.48. The van der Waals surface area contributed by atoms with Crippen molar-refractivity contribution in [1.82, 2.24) is 0 Å². The number of nitrogens with one attached hydrogen (secondary N) is 2. The molecule has 0 saturated carbocycles. The smallest absolute Gasteiger partial charge is 0.225 e. The maximum absolute atomic E-state index is 12.2. The topological polar surface area (TPSA) is 67.4 Å². The van der Waals surface area contributed by atoms with Crippen LogP contribution in [0.5, 0.6) is 5.75 Å². The molecule has 0 aliphatic rings. The van der Waals surface area contributed by atoms with Crippen molar-refractivity contribution in [3.63, 3.8) is 0 Å². The molecule has 0 unspecified atom stereocenters. The molecule has 0 aromatic heterocycles. The summed E-state index contributed by atoms with van der Waals surface area (Å²) >= 11 is 4.97. The van der Waals surface area contributed by atoms with Crippen LogP contribution in [0.4, 0.5) is 11.4 Å². The second-order valence-electron chi connectivity index (χ2n) is 5.19. The van der Waals surface area contributed by atoms with Crippen LogP contribution in [-0.4, -0.2) is 24.7 Å². The SMILES string of the molecule is COc1ccc(SCCC(=O)Nc2cc(Br)ccc2NC(C)=O)cc1. The highest BCUT2D eigenvalue weighted by atomic mass is 79.9. The molecule has 0 saturated heterocycles. The highest BCUT2D eigenvalue weighted by molar-refractivity contribution is 9.10. The summed E-state index contributed by atoms with van der Waals surface area (Å²) in [6, 6.07) is 13.0. The molecule has 0 aliphatic carbocycles. The molecule has 2 aromatic carbocycles. The van der Waals surface area contributed by atoms with Crippen LogP contribution in [0.25, 0.3) is 0 Å². The first-order chi connectivity index (χ1) is 12.0. The lowest BCUT2D eigenvalue weighted by Crippen LogP contribution is -2.15. The van der Waals surface area contributed by atoms with Crippen LogP contribution >= 0.6 is 27.7 Å². The predicted octanol–water partition coefficient (Wildman–Crippen LogP) is 4.54. The molecule has 0 bridgehead atoms. The van der Waals surface area contributed by atoms with Crippen LogP contribution in [0.3, 0.4) is 0 Å². The fourth-order valence-electron chi connectivity index (χ4n) is 2.06. The molecular formula is C18H19BrN2O3S. The third kappa shape index (κ3) is 6.43. The maximum atomic E-state index is 12.2. The molecule has 0 atom stereocenters. The van der Waals surface area contributed by atoms with E-state index in [2.05, 4.69) is 26.6 Å². The third-order valence-electron chi connectivity index (χ3n) is 3.22. The number of methoxy groups -OCH3 is 1. The summed E-state index contributed by atoms with van der Waals surface area (Å²) in [5, 5.41) is 5.55. The molecule has 2 aromatic rings. The fraction of sp³-hybridized carbons (Fsp3) is 0.222. The second-order valence-corrected chi connectivity index (χ2v) is 7.28. The summed E-state index contributed by atoms with van der Waals surface area (Å²) in [7, 11) is 1.63. The van der Waals surface area contributed by atoms with Gasteiger partial charge >= 0.3 is 0 Å². The van der Waals surface area contributed by atoms with Gasteiger partial charge in [-0.1, -0.05) is 15.9 Å². The maximum Gasteiger partial charge on any atom is 0.225 e. The van der Waals surface area contributed by atoms with Gasteiger partial charge in [-0.15, -0.1) is 11.8 Å². The van der Waals surface area contributed by atoms with Gasteiger partial charge in [0.1, 0.15) is 5.75 Å². The largest absolute Gasteiger partial charge is 0.497 e. The van der Waals surface area contributed by atoms with Gasteiger partial charge in [0.2, 0.25) is 11.8 Å². The lowest BCUT2D eigenvalue weighted by atomic mass is 10.2. The minimum absolute atomic E-state index is 0.106. The van der Waals surface area contributed by atoms with Crippen LogP contribution in [0.15, 0.2) is 51.8 Å². The van der Waals surface area contributed by atoms with Gasteiger partial charge in [-0.2, -0.15) is 0 Å². The fourth-order valence-corrected chi connectivity index (χ4v) is 3.28. The van der Waals surface area contributed by atoms with E-state index >= 15 is 0 Å². The van der Waals surface area contributed by atoms with Gasteiger partial charge in [0, 0.05) is 28.5 Å². The van der Waals surface area contributed by atoms with Crippen LogP contribution in [0.2, 0.25) is 0 Å². The van der Waals surface area contributed by atoms with E-state index in [-0.39, 0.29) is 11.8 Å². The van der Waals surface area contributed by atoms with Crippen molar-refractivity contribution in [1.29, 1.82) is 0 Å². The van der Waals surface area contributed by atoms with E-state index in [0.717, 1.165) is 15.1 Å². The van der Waals surface area contributed by atoms with Crippen molar-refractivity contribution in [2.24, 2.45) is 0 Å². The summed E-state index contributed by atoms with van der Waals surface area (Å²) in [6.45, 7) is 1.43. The van der Waals surface area contributed by atoms with E-state index in [9.17, 15) is 9.59 Å². The molecule has 0 radical (unpaired) electrons. The predicted molar refractivity (Wildman–Crippen MR) is 105 cm³/mol. The molecule has 5 nitrogen and oxygen atoms in total. The Morgan fingerprint density at radius 2 is 1.80 bits per heavy atom. The van der Waals surface area contributed by atoms with Crippen LogP contribution in [-0.2, 0) is 9.59 Å². The zero-order chi connectivity index (χ0) is 18.2. The first-order valence-electron chi connectivity index (χ1n) is 7.62. The number of benzene rings is 2. The molecular weight excluding hydrogens is 404 g/mol. The highest BCUT2D eigenvalue weighted by Gasteiger charge is 2.09. The summed E-state index contributed by atoms with van der Waals surface area (Å²) in [6.07, 6.45) is 0.364. The Labute approximate surface area is 159 Å². The first kappa shape index (κ1) is 19.3. The Morgan fingerprint density at radius 3 is 2.44 bits per heavy atom.